The Balaban J connectivity index is 2.43. The van der Waals surface area contributed by atoms with Gasteiger partial charge in [0.2, 0.25) is 0 Å². The molecule has 0 saturated heterocycles. The lowest BCUT2D eigenvalue weighted by atomic mass is 10.2. The number of halogens is 1. The van der Waals surface area contributed by atoms with Crippen LogP contribution in [0.25, 0.3) is 0 Å². The van der Waals surface area contributed by atoms with Gasteiger partial charge in [-0.05, 0) is 24.3 Å². The minimum absolute atomic E-state index is 0.117. The summed E-state index contributed by atoms with van der Waals surface area (Å²) in [4.78, 5) is 14.1. The summed E-state index contributed by atoms with van der Waals surface area (Å²) in [5.41, 5.74) is -0.274. The number of hydrogen-bond donors (Lipinski definition) is 1. The Labute approximate surface area is 118 Å². The van der Waals surface area contributed by atoms with Crippen molar-refractivity contribution in [3.63, 3.8) is 0 Å². The van der Waals surface area contributed by atoms with E-state index in [2.05, 4.69) is 10.3 Å². The van der Waals surface area contributed by atoms with E-state index in [1.165, 1.54) is 24.3 Å². The van der Waals surface area contributed by atoms with Crippen molar-refractivity contribution in [2.24, 2.45) is 0 Å². The maximum absolute atomic E-state index is 13.7. The highest BCUT2D eigenvalue weighted by Gasteiger charge is 2.19. The van der Waals surface area contributed by atoms with E-state index in [0.29, 0.717) is 5.82 Å². The molecule has 1 heterocycles. The Hall–Kier alpha value is -3.21. The molecule has 106 valence electrons. The molecule has 0 aliphatic rings. The van der Waals surface area contributed by atoms with Crippen molar-refractivity contribution >= 4 is 11.5 Å². The standard InChI is InChI=1S/C13H9FN4O3/c1-16-12-5-3-10(18(19)20)13(17-12)21-11-4-2-8(7-15)6-9(11)14/h2-6H,1H3,(H,16,17). The summed E-state index contributed by atoms with van der Waals surface area (Å²) >= 11 is 0. The van der Waals surface area contributed by atoms with Gasteiger partial charge in [0.05, 0.1) is 16.6 Å². The Bertz CT molecular complexity index is 743. The van der Waals surface area contributed by atoms with Gasteiger partial charge in [0.1, 0.15) is 5.82 Å². The van der Waals surface area contributed by atoms with Crippen LogP contribution in [0.1, 0.15) is 5.56 Å². The normalized spacial score (nSPS) is 9.76. The lowest BCUT2D eigenvalue weighted by Crippen LogP contribution is -2.00. The molecule has 8 heteroatoms. The van der Waals surface area contributed by atoms with Gasteiger partial charge in [0, 0.05) is 13.1 Å². The fraction of sp³-hybridized carbons (Fsp3) is 0.0769. The number of rotatable bonds is 4. The van der Waals surface area contributed by atoms with Gasteiger partial charge < -0.3 is 10.1 Å². The second-order valence-corrected chi connectivity index (χ2v) is 3.89. The second kappa shape index (κ2) is 5.83. The molecule has 0 amide bonds. The molecule has 21 heavy (non-hydrogen) atoms. The number of hydrogen-bond acceptors (Lipinski definition) is 6. The van der Waals surface area contributed by atoms with E-state index in [1.54, 1.807) is 13.1 Å². The van der Waals surface area contributed by atoms with Crippen LogP contribution in [-0.2, 0) is 0 Å². The molecular weight excluding hydrogens is 279 g/mol. The Morgan fingerprint density at radius 2 is 2.19 bits per heavy atom. The molecule has 0 radical (unpaired) electrons. The molecule has 1 N–H and O–H groups in total. The van der Waals surface area contributed by atoms with Crippen LogP contribution in [0.2, 0.25) is 0 Å². The van der Waals surface area contributed by atoms with Crippen molar-refractivity contribution in [1.29, 1.82) is 5.26 Å². The molecule has 0 spiro atoms. The lowest BCUT2D eigenvalue weighted by Gasteiger charge is -2.08. The number of nitrogens with one attached hydrogen (secondary N) is 1. The van der Waals surface area contributed by atoms with E-state index in [1.807, 2.05) is 0 Å². The number of aromatic nitrogens is 1. The summed E-state index contributed by atoms with van der Waals surface area (Å²) in [5.74, 6) is -1.06. The number of nitro groups is 1. The first-order chi connectivity index (χ1) is 10.0. The molecule has 0 atom stereocenters. The van der Waals surface area contributed by atoms with Crippen LogP contribution in [0.4, 0.5) is 15.9 Å². The highest BCUT2D eigenvalue weighted by molar-refractivity contribution is 5.50. The molecule has 0 bridgehead atoms. The van der Waals surface area contributed by atoms with E-state index < -0.39 is 16.4 Å². The minimum Gasteiger partial charge on any atom is -0.430 e. The summed E-state index contributed by atoms with van der Waals surface area (Å²) in [6.45, 7) is 0. The fourth-order valence-electron chi connectivity index (χ4n) is 1.54. The highest BCUT2D eigenvalue weighted by Crippen LogP contribution is 2.32. The Morgan fingerprint density at radius 1 is 1.43 bits per heavy atom. The number of benzene rings is 1. The summed E-state index contributed by atoms with van der Waals surface area (Å²) in [6, 6.07) is 7.91. The molecule has 1 aromatic carbocycles. The number of anilines is 1. The van der Waals surface area contributed by atoms with Gasteiger partial charge in [-0.3, -0.25) is 10.1 Å². The zero-order valence-electron chi connectivity index (χ0n) is 10.8. The van der Waals surface area contributed by atoms with Crippen LogP contribution >= 0.6 is 0 Å². The fourth-order valence-corrected chi connectivity index (χ4v) is 1.54. The quantitative estimate of drug-likeness (QED) is 0.685. The number of nitrogens with zero attached hydrogens (tertiary/aromatic N) is 3. The van der Waals surface area contributed by atoms with E-state index in [0.717, 1.165) is 6.07 Å². The maximum atomic E-state index is 13.7. The molecule has 0 aliphatic heterocycles. The summed E-state index contributed by atoms with van der Waals surface area (Å²) in [7, 11) is 1.58. The molecular formula is C13H9FN4O3. The summed E-state index contributed by atoms with van der Waals surface area (Å²) < 4.78 is 18.9. The first-order valence-electron chi connectivity index (χ1n) is 5.76. The third-order valence-electron chi connectivity index (χ3n) is 2.56. The SMILES string of the molecule is CNc1ccc([N+](=O)[O-])c(Oc2ccc(C#N)cc2F)n1. The van der Waals surface area contributed by atoms with Gasteiger partial charge in [-0.25, -0.2) is 4.39 Å². The smallest absolute Gasteiger partial charge is 0.331 e. The predicted octanol–water partition coefficient (Wildman–Crippen LogP) is 2.83. The number of nitriles is 1. The van der Waals surface area contributed by atoms with Crippen LogP contribution in [0.5, 0.6) is 11.6 Å². The van der Waals surface area contributed by atoms with Crippen LogP contribution in [0, 0.1) is 27.3 Å². The van der Waals surface area contributed by atoms with Crippen LogP contribution in [0.3, 0.4) is 0 Å². The first-order valence-corrected chi connectivity index (χ1v) is 5.76. The minimum atomic E-state index is -0.806. The van der Waals surface area contributed by atoms with E-state index in [9.17, 15) is 14.5 Å². The third-order valence-corrected chi connectivity index (χ3v) is 2.56. The van der Waals surface area contributed by atoms with E-state index in [4.69, 9.17) is 10.00 Å². The Kier molecular flexibility index (Phi) is 3.95. The first kappa shape index (κ1) is 14.2. The molecule has 0 unspecified atom stereocenters. The Morgan fingerprint density at radius 3 is 2.76 bits per heavy atom. The van der Waals surface area contributed by atoms with Gasteiger partial charge in [0.25, 0.3) is 0 Å². The molecule has 1 aromatic heterocycles. The third kappa shape index (κ3) is 3.03. The van der Waals surface area contributed by atoms with Gasteiger partial charge in [-0.2, -0.15) is 10.2 Å². The highest BCUT2D eigenvalue weighted by atomic mass is 19.1. The van der Waals surface area contributed by atoms with Crippen LogP contribution < -0.4 is 10.1 Å². The molecule has 2 rings (SSSR count). The predicted molar refractivity (Wildman–Crippen MR) is 71.6 cm³/mol. The monoisotopic (exact) mass is 288 g/mol. The largest absolute Gasteiger partial charge is 0.430 e. The van der Waals surface area contributed by atoms with E-state index >= 15 is 0 Å². The molecule has 0 aliphatic carbocycles. The molecule has 2 aromatic rings. The zero-order valence-corrected chi connectivity index (χ0v) is 10.8. The van der Waals surface area contributed by atoms with Crippen LogP contribution in [0.15, 0.2) is 30.3 Å². The van der Waals surface area contributed by atoms with Crippen molar-refractivity contribution < 1.29 is 14.1 Å². The lowest BCUT2D eigenvalue weighted by molar-refractivity contribution is -0.386. The van der Waals surface area contributed by atoms with Crippen molar-refractivity contribution in [1.82, 2.24) is 4.98 Å². The average molecular weight is 288 g/mol. The van der Waals surface area contributed by atoms with E-state index in [-0.39, 0.29) is 17.2 Å². The zero-order chi connectivity index (χ0) is 15.4. The topological polar surface area (TPSA) is 101 Å². The summed E-state index contributed by atoms with van der Waals surface area (Å²) in [5, 5.41) is 22.3. The van der Waals surface area contributed by atoms with Gasteiger partial charge >= 0.3 is 11.6 Å². The van der Waals surface area contributed by atoms with Gasteiger partial charge in [0.15, 0.2) is 11.6 Å². The number of pyridine rings is 1. The van der Waals surface area contributed by atoms with Gasteiger partial charge in [-0.1, -0.05) is 0 Å². The van der Waals surface area contributed by atoms with Crippen molar-refractivity contribution in [2.75, 3.05) is 12.4 Å². The second-order valence-electron chi connectivity index (χ2n) is 3.89. The molecule has 0 saturated carbocycles. The average Bonchev–Trinajstić information content (AvgIpc) is 2.48. The van der Waals surface area contributed by atoms with Crippen molar-refractivity contribution in [3.05, 3.63) is 51.8 Å². The van der Waals surface area contributed by atoms with Crippen molar-refractivity contribution in [2.45, 2.75) is 0 Å². The van der Waals surface area contributed by atoms with Gasteiger partial charge in [-0.15, -0.1) is 0 Å². The number of ether oxygens (including phenoxy) is 1. The molecule has 0 fully saturated rings. The maximum Gasteiger partial charge on any atom is 0.331 e. The molecule has 7 nitrogen and oxygen atoms in total. The van der Waals surface area contributed by atoms with Crippen molar-refractivity contribution in [3.8, 4) is 17.7 Å². The summed E-state index contributed by atoms with van der Waals surface area (Å²) in [6.07, 6.45) is 0. The van der Waals surface area contributed by atoms with Crippen LogP contribution in [-0.4, -0.2) is 17.0 Å².